The van der Waals surface area contributed by atoms with Gasteiger partial charge >= 0.3 is 17.9 Å². The molecule has 1 atom stereocenters. The molecule has 0 heterocycles. The average molecular weight is 1120 g/mol. The Morgan fingerprint density at radius 2 is 0.481 bits per heavy atom. The van der Waals surface area contributed by atoms with E-state index in [0.29, 0.717) is 19.3 Å². The molecule has 0 radical (unpaired) electrons. The van der Waals surface area contributed by atoms with Crippen molar-refractivity contribution >= 4 is 17.9 Å². The van der Waals surface area contributed by atoms with Crippen LogP contribution in [0.1, 0.15) is 265 Å². The molecule has 0 aromatic carbocycles. The van der Waals surface area contributed by atoms with Gasteiger partial charge < -0.3 is 14.2 Å². The van der Waals surface area contributed by atoms with E-state index in [1.807, 2.05) is 0 Å². The topological polar surface area (TPSA) is 78.9 Å². The first-order valence-corrected chi connectivity index (χ1v) is 32.6. The Labute approximate surface area is 498 Å². The van der Waals surface area contributed by atoms with E-state index in [9.17, 15) is 14.4 Å². The highest BCUT2D eigenvalue weighted by Gasteiger charge is 2.19. The molecule has 0 aromatic heterocycles. The fourth-order valence-electron chi connectivity index (χ4n) is 8.36. The average Bonchev–Trinajstić information content (AvgIpc) is 3.47. The number of allylic oxidation sites excluding steroid dienone is 28. The molecule has 6 nitrogen and oxygen atoms in total. The van der Waals surface area contributed by atoms with Crippen LogP contribution in [-0.4, -0.2) is 37.2 Å². The Morgan fingerprint density at radius 3 is 0.778 bits per heavy atom. The number of rotatable bonds is 57. The summed E-state index contributed by atoms with van der Waals surface area (Å²) in [6.07, 6.45) is 99.2. The largest absolute Gasteiger partial charge is 0.462 e. The lowest BCUT2D eigenvalue weighted by molar-refractivity contribution is -0.167. The van der Waals surface area contributed by atoms with Gasteiger partial charge in [0, 0.05) is 19.3 Å². The Morgan fingerprint density at radius 1 is 0.259 bits per heavy atom. The summed E-state index contributed by atoms with van der Waals surface area (Å²) < 4.78 is 16.9. The quantitative estimate of drug-likeness (QED) is 0.0261. The number of hydrogen-bond acceptors (Lipinski definition) is 6. The van der Waals surface area contributed by atoms with Crippen molar-refractivity contribution in [1.82, 2.24) is 0 Å². The minimum atomic E-state index is -0.822. The van der Waals surface area contributed by atoms with Crippen LogP contribution < -0.4 is 0 Å². The fourth-order valence-corrected chi connectivity index (χ4v) is 8.36. The summed E-state index contributed by atoms with van der Waals surface area (Å²) in [7, 11) is 0. The van der Waals surface area contributed by atoms with Crippen LogP contribution in [-0.2, 0) is 28.6 Å². The first-order valence-electron chi connectivity index (χ1n) is 32.6. The maximum absolute atomic E-state index is 12.9. The maximum atomic E-state index is 12.9. The van der Waals surface area contributed by atoms with Crippen molar-refractivity contribution in [3.8, 4) is 0 Å². The molecule has 6 heteroatoms. The van der Waals surface area contributed by atoms with Crippen molar-refractivity contribution in [1.29, 1.82) is 0 Å². The number of ether oxygens (including phenoxy) is 3. The zero-order valence-electron chi connectivity index (χ0n) is 52.0. The molecule has 0 aromatic rings. The van der Waals surface area contributed by atoms with Gasteiger partial charge in [-0.3, -0.25) is 14.4 Å². The SMILES string of the molecule is CC/C=C\C/C=C\C/C=C\C/C=C\C/C=C\C/C=C\CCCCCCCCCCC(=O)OCC(COC(=O)CCCCCCC/C=C\C/C=C\CCCCC)OC(=O)CCCC/C=C\C/C=C\C/C=C\C/C=C\C/C=C\C/C=C\CC. The van der Waals surface area contributed by atoms with E-state index in [0.717, 1.165) is 161 Å². The number of carbonyl (C=O) groups excluding carboxylic acids is 3. The summed E-state index contributed by atoms with van der Waals surface area (Å²) in [5.74, 6) is -0.982. The summed E-state index contributed by atoms with van der Waals surface area (Å²) in [6, 6.07) is 0. The van der Waals surface area contributed by atoms with Crippen molar-refractivity contribution in [2.75, 3.05) is 13.2 Å². The van der Waals surface area contributed by atoms with Gasteiger partial charge in [-0.2, -0.15) is 0 Å². The normalized spacial score (nSPS) is 13.3. The van der Waals surface area contributed by atoms with Gasteiger partial charge in [-0.15, -0.1) is 0 Å². The second-order valence-corrected chi connectivity index (χ2v) is 20.9. The molecule has 1 unspecified atom stereocenters. The molecule has 0 bridgehead atoms. The molecule has 0 rings (SSSR count). The first-order chi connectivity index (χ1) is 40.0. The molecule has 454 valence electrons. The van der Waals surface area contributed by atoms with Crippen molar-refractivity contribution in [2.45, 2.75) is 271 Å². The molecule has 0 aliphatic carbocycles. The van der Waals surface area contributed by atoms with Crippen LogP contribution in [0.3, 0.4) is 0 Å². The Balaban J connectivity index is 4.49. The lowest BCUT2D eigenvalue weighted by atomic mass is 10.1. The smallest absolute Gasteiger partial charge is 0.306 e. The van der Waals surface area contributed by atoms with E-state index in [1.54, 1.807) is 0 Å². The van der Waals surface area contributed by atoms with Crippen molar-refractivity contribution in [2.24, 2.45) is 0 Å². The van der Waals surface area contributed by atoms with Crippen LogP contribution in [0, 0.1) is 0 Å². The van der Waals surface area contributed by atoms with E-state index in [1.165, 1.54) is 57.8 Å². The van der Waals surface area contributed by atoms with E-state index < -0.39 is 6.10 Å². The monoisotopic (exact) mass is 1110 g/mol. The lowest BCUT2D eigenvalue weighted by Crippen LogP contribution is -2.30. The number of esters is 3. The van der Waals surface area contributed by atoms with Gasteiger partial charge in [0.05, 0.1) is 0 Å². The predicted molar refractivity (Wildman–Crippen MR) is 352 cm³/mol. The Kier molecular flexibility index (Phi) is 62.9. The predicted octanol–water partition coefficient (Wildman–Crippen LogP) is 22.7. The zero-order valence-corrected chi connectivity index (χ0v) is 52.0. The molecular weight excluding hydrogens is 997 g/mol. The molecule has 81 heavy (non-hydrogen) atoms. The summed E-state index contributed by atoms with van der Waals surface area (Å²) in [4.78, 5) is 38.4. The fraction of sp³-hybridized carbons (Fsp3) is 0.587. The molecule has 0 fully saturated rings. The van der Waals surface area contributed by atoms with Crippen LogP contribution in [0.5, 0.6) is 0 Å². The van der Waals surface area contributed by atoms with E-state index in [4.69, 9.17) is 14.2 Å². The highest BCUT2D eigenvalue weighted by molar-refractivity contribution is 5.71. The van der Waals surface area contributed by atoms with Gasteiger partial charge in [-0.05, 0) is 154 Å². The molecule has 0 amide bonds. The van der Waals surface area contributed by atoms with Crippen molar-refractivity contribution in [3.05, 3.63) is 170 Å². The van der Waals surface area contributed by atoms with Crippen molar-refractivity contribution in [3.63, 3.8) is 0 Å². The van der Waals surface area contributed by atoms with Crippen LogP contribution in [0.15, 0.2) is 170 Å². The molecule has 0 N–H and O–H groups in total. The van der Waals surface area contributed by atoms with Gasteiger partial charge in [0.15, 0.2) is 6.10 Å². The van der Waals surface area contributed by atoms with Crippen LogP contribution >= 0.6 is 0 Å². The van der Waals surface area contributed by atoms with Gasteiger partial charge in [0.1, 0.15) is 13.2 Å². The number of carbonyl (C=O) groups is 3. The van der Waals surface area contributed by atoms with Gasteiger partial charge in [-0.25, -0.2) is 0 Å². The van der Waals surface area contributed by atoms with Crippen LogP contribution in [0.2, 0.25) is 0 Å². The molecule has 0 saturated heterocycles. The van der Waals surface area contributed by atoms with Gasteiger partial charge in [0.2, 0.25) is 0 Å². The van der Waals surface area contributed by atoms with E-state index in [2.05, 4.69) is 191 Å². The van der Waals surface area contributed by atoms with Crippen molar-refractivity contribution < 1.29 is 28.6 Å². The standard InChI is InChI=1S/C75H118O6/c1-4-7-10-13-16-19-22-25-28-30-32-34-35-36-37-38-39-41-42-44-47-50-53-56-59-62-65-68-74(77)80-71-72(70-79-73(76)67-64-61-58-55-52-49-46-27-24-21-18-15-12-9-6-3)81-75(78)69-66-63-60-57-54-51-48-45-43-40-33-31-29-26-23-20-17-14-11-8-5-2/h7-8,10-11,16-21,25-29,32-34,36-37,39-41,45-46,48,54,57,72H,4-6,9,12-15,22-24,30-31,35,38,42-44,47,49-53,55-56,58-71H2,1-3H3/b10-7-,11-8-,19-16-,20-17-,21-18-,28-25-,29-26-,34-32-,37-36-,40-33-,41-39-,46-27-,48-45-,57-54-. The maximum Gasteiger partial charge on any atom is 0.306 e. The van der Waals surface area contributed by atoms with Crippen LogP contribution in [0.25, 0.3) is 0 Å². The third kappa shape index (κ3) is 65.5. The molecular formula is C75H118O6. The van der Waals surface area contributed by atoms with E-state index >= 15 is 0 Å². The minimum Gasteiger partial charge on any atom is -0.462 e. The number of hydrogen-bond donors (Lipinski definition) is 0. The van der Waals surface area contributed by atoms with E-state index in [-0.39, 0.29) is 37.5 Å². The molecule has 0 saturated carbocycles. The highest BCUT2D eigenvalue weighted by atomic mass is 16.6. The Bertz CT molecular complexity index is 1860. The minimum absolute atomic E-state index is 0.112. The molecule has 0 aliphatic heterocycles. The first kappa shape index (κ1) is 75.8. The third-order valence-corrected chi connectivity index (χ3v) is 13.2. The summed E-state index contributed by atoms with van der Waals surface area (Å²) >= 11 is 0. The summed E-state index contributed by atoms with van der Waals surface area (Å²) in [6.45, 7) is 6.33. The Hall–Kier alpha value is -5.23. The van der Waals surface area contributed by atoms with Gasteiger partial charge in [0.25, 0.3) is 0 Å². The third-order valence-electron chi connectivity index (χ3n) is 13.2. The molecule has 0 aliphatic rings. The lowest BCUT2D eigenvalue weighted by Gasteiger charge is -2.18. The van der Waals surface area contributed by atoms with Gasteiger partial charge in [-0.1, -0.05) is 262 Å². The van der Waals surface area contributed by atoms with Crippen LogP contribution in [0.4, 0.5) is 0 Å². The zero-order chi connectivity index (χ0) is 58.5. The number of unbranched alkanes of at least 4 members (excludes halogenated alkanes) is 18. The highest BCUT2D eigenvalue weighted by Crippen LogP contribution is 2.14. The molecule has 0 spiro atoms. The second kappa shape index (κ2) is 67.3. The summed E-state index contributed by atoms with van der Waals surface area (Å²) in [5.41, 5.74) is 0. The summed E-state index contributed by atoms with van der Waals surface area (Å²) in [5, 5.41) is 0. The second-order valence-electron chi connectivity index (χ2n) is 20.9.